The van der Waals surface area contributed by atoms with Gasteiger partial charge in [-0.3, -0.25) is 38.8 Å². The summed E-state index contributed by atoms with van der Waals surface area (Å²) in [6.45, 7) is 6.12. The Labute approximate surface area is 543 Å². The molecule has 11 rings (SSSR count). The van der Waals surface area contributed by atoms with Crippen LogP contribution < -0.4 is 50.3 Å². The number of rotatable bonds is 22. The minimum atomic E-state index is -0.932. The van der Waals surface area contributed by atoms with Crippen molar-refractivity contribution in [2.75, 3.05) is 62.8 Å². The number of carbonyl (C=O) groups is 6. The van der Waals surface area contributed by atoms with E-state index in [9.17, 15) is 28.8 Å². The Morgan fingerprint density at radius 1 is 0.685 bits per heavy atom. The van der Waals surface area contributed by atoms with Crippen molar-refractivity contribution in [2.24, 2.45) is 15.9 Å². The zero-order chi connectivity index (χ0) is 64.4. The van der Waals surface area contributed by atoms with Crippen LogP contribution in [0.15, 0.2) is 106 Å². The number of nitrogens with zero attached hydrogens (tertiary/aromatic N) is 6. The first-order valence-corrected chi connectivity index (χ1v) is 33.2. The molecule has 5 N–H and O–H groups in total. The number of fused-ring (bicyclic) bond motifs is 8. The molecule has 0 saturated heterocycles. The minimum Gasteiger partial charge on any atom is -0.497 e. The van der Waals surface area contributed by atoms with Crippen molar-refractivity contribution in [3.8, 4) is 28.7 Å². The van der Waals surface area contributed by atoms with Crippen LogP contribution >= 0.6 is 23.5 Å². The molecule has 22 nitrogen and oxygen atoms in total. The molecule has 4 bridgehead atoms. The average Bonchev–Trinajstić information content (AvgIpc) is 1.62. The van der Waals surface area contributed by atoms with E-state index in [4.69, 9.17) is 38.7 Å². The standard InChI is InChI=1S/C68H77N11O11S2/c1-39(2)63(76-60(80)13-9-23-69-68-75-59-34-62(77-68)92-50-12-8-7-11-49(29-50)91-26-22-61(81)74-59)65(83)72-40(3)64(82)73-45-18-14-41(15-19-45)43-27-46-35-70-53-32-57(55(87-5)30-51(53)66(84)78(46)37-43)89-24-10-25-90-58-33-54-52(31-56(58)88-6)67(85)79-38-44(28-47(79)36-71-54)42-16-20-48(86-4)21-17-42/h14-21,30-40,46-47,49-50,63H,7-13,22-29H2,1-6H3,(H,72,83)(H,73,82)(H,76,80)(H2,69,74,75,77,81)/t40-,46-,47-,49?,50?,63-/m0/s1. The highest BCUT2D eigenvalue weighted by Crippen LogP contribution is 2.43. The van der Waals surface area contributed by atoms with Gasteiger partial charge in [0.15, 0.2) is 23.0 Å². The molecule has 6 aliphatic rings. The van der Waals surface area contributed by atoms with E-state index in [-0.39, 0.29) is 61.3 Å². The maximum absolute atomic E-state index is 14.2. The normalized spacial score (nSPS) is 19.7. The second-order valence-corrected chi connectivity index (χ2v) is 26.5. The number of thioether (sulfide) groups is 2. The molecular formula is C68H77N11O11S2. The van der Waals surface area contributed by atoms with E-state index in [0.29, 0.717) is 112 Å². The summed E-state index contributed by atoms with van der Waals surface area (Å²) in [7, 11) is 4.66. The number of ether oxygens (including phenoxy) is 5. The highest BCUT2D eigenvalue weighted by molar-refractivity contribution is 8.00. The van der Waals surface area contributed by atoms with Crippen LogP contribution in [0.1, 0.15) is 123 Å². The third kappa shape index (κ3) is 15.5. The number of carbonyl (C=O) groups excluding carboxylic acids is 6. The summed E-state index contributed by atoms with van der Waals surface area (Å²) < 4.78 is 29.1. The molecule has 4 aromatic carbocycles. The van der Waals surface area contributed by atoms with Gasteiger partial charge < -0.3 is 60.1 Å². The molecule has 1 aromatic heterocycles. The third-order valence-electron chi connectivity index (χ3n) is 16.9. The second kappa shape index (κ2) is 29.6. The molecule has 0 spiro atoms. The molecule has 92 heavy (non-hydrogen) atoms. The number of aliphatic imine (C=N–C) groups is 2. The lowest BCUT2D eigenvalue weighted by Gasteiger charge is -2.24. The first-order valence-electron chi connectivity index (χ1n) is 31.3. The fourth-order valence-corrected chi connectivity index (χ4v) is 14.6. The second-order valence-electron chi connectivity index (χ2n) is 23.7. The van der Waals surface area contributed by atoms with Crippen LogP contribution in [-0.4, -0.2) is 149 Å². The molecule has 1 saturated carbocycles. The number of hydrogen-bond acceptors (Lipinski definition) is 18. The Morgan fingerprint density at radius 2 is 1.28 bits per heavy atom. The van der Waals surface area contributed by atoms with Crippen LogP contribution in [0.25, 0.3) is 11.1 Å². The van der Waals surface area contributed by atoms with Crippen LogP contribution in [0.2, 0.25) is 0 Å². The summed E-state index contributed by atoms with van der Waals surface area (Å²) in [6, 6.07) is 21.2. The van der Waals surface area contributed by atoms with Crippen LogP contribution in [0, 0.1) is 5.92 Å². The summed E-state index contributed by atoms with van der Waals surface area (Å²) >= 11 is 3.63. The maximum Gasteiger partial charge on any atom is 0.260 e. The van der Waals surface area contributed by atoms with Gasteiger partial charge in [0.05, 0.1) is 69.1 Å². The highest BCUT2D eigenvalue weighted by atomic mass is 32.2. The zero-order valence-electron chi connectivity index (χ0n) is 52.5. The largest absolute Gasteiger partial charge is 0.497 e. The number of hydrogen-bond donors (Lipinski definition) is 5. The molecule has 5 aliphatic heterocycles. The molecular weight excluding hydrogens is 1210 g/mol. The lowest BCUT2D eigenvalue weighted by Crippen LogP contribution is -2.53. The quantitative estimate of drug-likeness (QED) is 0.0318. The number of amides is 6. The van der Waals surface area contributed by atoms with Crippen LogP contribution in [-0.2, 0) is 19.2 Å². The van der Waals surface area contributed by atoms with Gasteiger partial charge in [-0.2, -0.15) is 16.7 Å². The molecule has 24 heteroatoms. The Balaban J connectivity index is 0.627. The van der Waals surface area contributed by atoms with Crippen LogP contribution in [0.5, 0.6) is 28.7 Å². The number of anilines is 3. The lowest BCUT2D eigenvalue weighted by molar-refractivity contribution is -0.131. The Morgan fingerprint density at radius 3 is 1.87 bits per heavy atom. The van der Waals surface area contributed by atoms with Crippen molar-refractivity contribution in [1.29, 1.82) is 0 Å². The van der Waals surface area contributed by atoms with Gasteiger partial charge in [-0.1, -0.05) is 51.0 Å². The third-order valence-corrected chi connectivity index (χ3v) is 19.4. The minimum absolute atomic E-state index is 0.0799. The average molecular weight is 1290 g/mol. The maximum atomic E-state index is 14.2. The summed E-state index contributed by atoms with van der Waals surface area (Å²) in [4.78, 5) is 103. The van der Waals surface area contributed by atoms with E-state index in [1.54, 1.807) is 84.4 Å². The number of nitrogens with one attached hydrogen (secondary N) is 5. The van der Waals surface area contributed by atoms with Gasteiger partial charge in [-0.15, -0.1) is 11.8 Å². The predicted molar refractivity (Wildman–Crippen MR) is 357 cm³/mol. The van der Waals surface area contributed by atoms with E-state index in [0.717, 1.165) is 51.6 Å². The number of methoxy groups -OCH3 is 3. The zero-order valence-corrected chi connectivity index (χ0v) is 54.1. The topological polar surface area (TPSA) is 266 Å². The van der Waals surface area contributed by atoms with Gasteiger partial charge in [0.25, 0.3) is 11.8 Å². The van der Waals surface area contributed by atoms with E-state index in [1.165, 1.54) is 33.5 Å². The fourth-order valence-electron chi connectivity index (χ4n) is 11.8. The van der Waals surface area contributed by atoms with Crippen molar-refractivity contribution < 1.29 is 52.5 Å². The van der Waals surface area contributed by atoms with E-state index >= 15 is 0 Å². The molecule has 5 aromatic rings. The summed E-state index contributed by atoms with van der Waals surface area (Å²) in [5.41, 5.74) is 5.97. The van der Waals surface area contributed by atoms with Crippen molar-refractivity contribution >= 4 is 111 Å². The van der Waals surface area contributed by atoms with Gasteiger partial charge in [0.2, 0.25) is 29.6 Å². The predicted octanol–water partition coefficient (Wildman–Crippen LogP) is 10.6. The Hall–Kier alpha value is -8.90. The molecule has 1 aliphatic carbocycles. The van der Waals surface area contributed by atoms with Crippen molar-refractivity contribution in [3.63, 3.8) is 0 Å². The van der Waals surface area contributed by atoms with Gasteiger partial charge in [-0.25, -0.2) is 4.98 Å². The van der Waals surface area contributed by atoms with Crippen LogP contribution in [0.3, 0.4) is 0 Å². The molecule has 482 valence electrons. The van der Waals surface area contributed by atoms with E-state index < -0.39 is 23.9 Å². The van der Waals surface area contributed by atoms with Gasteiger partial charge in [0.1, 0.15) is 28.7 Å². The summed E-state index contributed by atoms with van der Waals surface area (Å²) in [6.07, 6.45) is 15.6. The summed E-state index contributed by atoms with van der Waals surface area (Å²) in [5, 5.41) is 16.4. The summed E-state index contributed by atoms with van der Waals surface area (Å²) in [5.74, 6) is 1.96. The van der Waals surface area contributed by atoms with Gasteiger partial charge in [-0.05, 0) is 97.2 Å². The first-order chi connectivity index (χ1) is 44.6. The molecule has 6 amide bonds. The van der Waals surface area contributed by atoms with E-state index in [2.05, 4.69) is 31.6 Å². The highest BCUT2D eigenvalue weighted by Gasteiger charge is 2.36. The lowest BCUT2D eigenvalue weighted by atomic mass is 10.0. The number of benzene rings is 4. The van der Waals surface area contributed by atoms with Gasteiger partial charge in [0, 0.05) is 104 Å². The fraction of sp³-hybridized carbons (Fsp3) is 0.412. The van der Waals surface area contributed by atoms with Crippen molar-refractivity contribution in [1.82, 2.24) is 30.4 Å². The molecule has 2 unspecified atom stereocenters. The molecule has 6 heterocycles. The molecule has 1 fully saturated rings. The smallest absolute Gasteiger partial charge is 0.260 e. The van der Waals surface area contributed by atoms with Gasteiger partial charge >= 0.3 is 0 Å². The molecule has 0 radical (unpaired) electrons. The van der Waals surface area contributed by atoms with Crippen molar-refractivity contribution in [2.45, 2.75) is 131 Å². The molecule has 6 atom stereocenters. The first kappa shape index (κ1) is 64.6. The van der Waals surface area contributed by atoms with Crippen molar-refractivity contribution in [3.05, 3.63) is 114 Å². The van der Waals surface area contributed by atoms with E-state index in [1.807, 2.05) is 80.5 Å². The Kier molecular flexibility index (Phi) is 20.8. The number of aromatic nitrogens is 2. The SMILES string of the molecule is COc1ccc(C2=CN3C(=O)c4cc(OC)c(OCCCOc5cc6c(cc5OC)C(=O)N5C=C(c7ccc(NC(=O)[C@H](C)NC(=O)[C@@H](NC(=O)CCCNc8nc9cc(n8)SC8CCCCC(C8)SCCC(=O)N9)C(C)C)cc7)C[C@H]5C=N6)cc4N=C[C@@H]3C2)cc1. The Bertz CT molecular complexity index is 3730. The van der Waals surface area contributed by atoms with Crippen LogP contribution in [0.4, 0.5) is 28.8 Å². The monoisotopic (exact) mass is 1290 g/mol.